The number of carboxylic acid groups (broad SMARTS) is 1. The summed E-state index contributed by atoms with van der Waals surface area (Å²) in [5, 5.41) is 9.42. The molecule has 0 heterocycles. The van der Waals surface area contributed by atoms with E-state index in [-0.39, 0.29) is 0 Å². The molecule has 4 heteroatoms. The van der Waals surface area contributed by atoms with Crippen LogP contribution in [0, 0.1) is 0 Å². The maximum Gasteiger partial charge on any atom is 0.328 e. The van der Waals surface area contributed by atoms with Crippen molar-refractivity contribution in [2.45, 2.75) is 19.8 Å². The lowest BCUT2D eigenvalue weighted by Crippen LogP contribution is -1.96. The zero-order chi connectivity index (χ0) is 12.8. The van der Waals surface area contributed by atoms with Crippen molar-refractivity contribution in [1.82, 2.24) is 0 Å². The van der Waals surface area contributed by atoms with E-state index in [9.17, 15) is 4.79 Å². The van der Waals surface area contributed by atoms with E-state index in [1.54, 1.807) is 25.3 Å². The van der Waals surface area contributed by atoms with E-state index in [0.717, 1.165) is 17.6 Å². The van der Waals surface area contributed by atoms with Crippen LogP contribution in [0.4, 0.5) is 0 Å². The van der Waals surface area contributed by atoms with Crippen LogP contribution in [0.3, 0.4) is 0 Å². The molecule has 3 nitrogen and oxygen atoms in total. The van der Waals surface area contributed by atoms with Crippen molar-refractivity contribution in [2.24, 2.45) is 0 Å². The first-order valence-corrected chi connectivity index (χ1v) is 5.73. The van der Waals surface area contributed by atoms with Gasteiger partial charge in [0, 0.05) is 16.7 Å². The number of hydrogen-bond donors (Lipinski definition) is 1. The molecule has 0 saturated carbocycles. The second-order valence-electron chi connectivity index (χ2n) is 3.60. The third-order valence-corrected chi connectivity index (χ3v) is 2.56. The zero-order valence-corrected chi connectivity index (χ0v) is 10.6. The van der Waals surface area contributed by atoms with Gasteiger partial charge in [0.2, 0.25) is 0 Å². The first-order chi connectivity index (χ1) is 8.08. The van der Waals surface area contributed by atoms with E-state index in [1.807, 2.05) is 6.92 Å². The van der Waals surface area contributed by atoms with Crippen LogP contribution in [0.15, 0.2) is 24.3 Å². The average molecular weight is 255 g/mol. The van der Waals surface area contributed by atoms with E-state index >= 15 is 0 Å². The molecule has 1 aromatic carbocycles. The van der Waals surface area contributed by atoms with Gasteiger partial charge in [-0.05, 0) is 30.2 Å². The SMILES string of the molecule is CCC/C(=C\C(=O)O)c1cc(Cl)ccc1OC. The zero-order valence-electron chi connectivity index (χ0n) is 9.87. The van der Waals surface area contributed by atoms with Gasteiger partial charge in [0.15, 0.2) is 0 Å². The van der Waals surface area contributed by atoms with Crippen LogP contribution in [-0.2, 0) is 4.79 Å². The first kappa shape index (κ1) is 13.6. The Balaban J connectivity index is 3.25. The number of aliphatic carboxylic acids is 1. The number of hydrogen-bond acceptors (Lipinski definition) is 2. The summed E-state index contributed by atoms with van der Waals surface area (Å²) in [5.74, 6) is -0.328. The molecule has 0 aliphatic heterocycles. The Kier molecular flexibility index (Phi) is 5.04. The summed E-state index contributed by atoms with van der Waals surface area (Å²) in [4.78, 5) is 10.8. The van der Waals surface area contributed by atoms with E-state index in [2.05, 4.69) is 0 Å². The topological polar surface area (TPSA) is 46.5 Å². The molecule has 0 radical (unpaired) electrons. The van der Waals surface area contributed by atoms with Crippen molar-refractivity contribution in [3.05, 3.63) is 34.9 Å². The molecule has 1 aromatic rings. The lowest BCUT2D eigenvalue weighted by molar-refractivity contribution is -0.131. The summed E-state index contributed by atoms with van der Waals surface area (Å²) in [6.07, 6.45) is 2.73. The van der Waals surface area contributed by atoms with Gasteiger partial charge in [0.05, 0.1) is 7.11 Å². The fraction of sp³-hybridized carbons (Fsp3) is 0.308. The van der Waals surface area contributed by atoms with Crippen molar-refractivity contribution in [3.63, 3.8) is 0 Å². The summed E-state index contributed by atoms with van der Waals surface area (Å²) in [6, 6.07) is 5.18. The molecule has 0 aliphatic rings. The molecule has 0 spiro atoms. The number of halogens is 1. The number of rotatable bonds is 5. The largest absolute Gasteiger partial charge is 0.496 e. The molecule has 0 saturated heterocycles. The summed E-state index contributed by atoms with van der Waals surface area (Å²) in [6.45, 7) is 1.99. The fourth-order valence-corrected chi connectivity index (χ4v) is 1.81. The lowest BCUT2D eigenvalue weighted by Gasteiger charge is -2.11. The van der Waals surface area contributed by atoms with Crippen molar-refractivity contribution < 1.29 is 14.6 Å². The molecule has 0 aliphatic carbocycles. The van der Waals surface area contributed by atoms with E-state index < -0.39 is 5.97 Å². The number of benzene rings is 1. The molecule has 0 bridgehead atoms. The van der Waals surface area contributed by atoms with Crippen LogP contribution < -0.4 is 4.74 Å². The number of methoxy groups -OCH3 is 1. The van der Waals surface area contributed by atoms with Crippen LogP contribution in [0.25, 0.3) is 5.57 Å². The van der Waals surface area contributed by atoms with Gasteiger partial charge >= 0.3 is 5.97 Å². The molecule has 0 unspecified atom stereocenters. The van der Waals surface area contributed by atoms with Crippen LogP contribution in [-0.4, -0.2) is 18.2 Å². The quantitative estimate of drug-likeness (QED) is 0.817. The van der Waals surface area contributed by atoms with E-state index in [4.69, 9.17) is 21.4 Å². The third kappa shape index (κ3) is 3.79. The highest BCUT2D eigenvalue weighted by atomic mass is 35.5. The highest BCUT2D eigenvalue weighted by Gasteiger charge is 2.10. The van der Waals surface area contributed by atoms with E-state index in [0.29, 0.717) is 17.2 Å². The fourth-order valence-electron chi connectivity index (χ4n) is 1.63. The minimum atomic E-state index is -0.963. The molecule has 0 atom stereocenters. The lowest BCUT2D eigenvalue weighted by atomic mass is 10.00. The van der Waals surface area contributed by atoms with Gasteiger partial charge in [0.25, 0.3) is 0 Å². The number of carbonyl (C=O) groups is 1. The smallest absolute Gasteiger partial charge is 0.328 e. The summed E-state index contributed by atoms with van der Waals surface area (Å²) in [5.41, 5.74) is 1.46. The Hall–Kier alpha value is -1.48. The van der Waals surface area contributed by atoms with Gasteiger partial charge in [-0.1, -0.05) is 24.9 Å². The highest BCUT2D eigenvalue weighted by molar-refractivity contribution is 6.30. The highest BCUT2D eigenvalue weighted by Crippen LogP contribution is 2.31. The molecule has 0 aromatic heterocycles. The predicted octanol–water partition coefficient (Wildman–Crippen LogP) is 3.62. The Morgan fingerprint density at radius 1 is 1.53 bits per heavy atom. The Bertz CT molecular complexity index is 438. The Morgan fingerprint density at radius 3 is 2.76 bits per heavy atom. The monoisotopic (exact) mass is 254 g/mol. The van der Waals surface area contributed by atoms with Gasteiger partial charge < -0.3 is 9.84 Å². The van der Waals surface area contributed by atoms with Gasteiger partial charge in [-0.3, -0.25) is 0 Å². The summed E-state index contributed by atoms with van der Waals surface area (Å²) in [7, 11) is 1.55. The van der Waals surface area contributed by atoms with Gasteiger partial charge in [-0.25, -0.2) is 4.79 Å². The summed E-state index contributed by atoms with van der Waals surface area (Å²) < 4.78 is 5.22. The average Bonchev–Trinajstić information content (AvgIpc) is 2.28. The normalized spacial score (nSPS) is 11.4. The molecule has 1 N–H and O–H groups in total. The molecule has 17 heavy (non-hydrogen) atoms. The van der Waals surface area contributed by atoms with Crippen molar-refractivity contribution >= 4 is 23.1 Å². The van der Waals surface area contributed by atoms with Gasteiger partial charge in [-0.15, -0.1) is 0 Å². The van der Waals surface area contributed by atoms with Crippen LogP contribution in [0.2, 0.25) is 5.02 Å². The maximum atomic E-state index is 10.8. The van der Waals surface area contributed by atoms with Gasteiger partial charge in [0.1, 0.15) is 5.75 Å². The molecular weight excluding hydrogens is 240 g/mol. The minimum Gasteiger partial charge on any atom is -0.496 e. The standard InChI is InChI=1S/C13H15ClO3/c1-3-4-9(7-13(15)16)11-8-10(14)5-6-12(11)17-2/h5-8H,3-4H2,1-2H3,(H,15,16)/b9-7+. The third-order valence-electron chi connectivity index (χ3n) is 2.32. The summed E-state index contributed by atoms with van der Waals surface area (Å²) >= 11 is 5.92. The first-order valence-electron chi connectivity index (χ1n) is 5.36. The van der Waals surface area contributed by atoms with Crippen LogP contribution in [0.1, 0.15) is 25.3 Å². The molecule has 1 rings (SSSR count). The molecular formula is C13H15ClO3. The second-order valence-corrected chi connectivity index (χ2v) is 4.04. The molecule has 92 valence electrons. The number of carboxylic acids is 1. The number of allylic oxidation sites excluding steroid dienone is 1. The van der Waals surface area contributed by atoms with E-state index in [1.165, 1.54) is 6.08 Å². The number of ether oxygens (including phenoxy) is 1. The molecule has 0 amide bonds. The van der Waals surface area contributed by atoms with Crippen molar-refractivity contribution in [2.75, 3.05) is 7.11 Å². The maximum absolute atomic E-state index is 10.8. The predicted molar refractivity (Wildman–Crippen MR) is 68.5 cm³/mol. The Morgan fingerprint density at radius 2 is 2.24 bits per heavy atom. The van der Waals surface area contributed by atoms with Crippen molar-refractivity contribution in [1.29, 1.82) is 0 Å². The molecule has 0 fully saturated rings. The van der Waals surface area contributed by atoms with Gasteiger partial charge in [-0.2, -0.15) is 0 Å². The van der Waals surface area contributed by atoms with Crippen molar-refractivity contribution in [3.8, 4) is 5.75 Å². The van der Waals surface area contributed by atoms with Crippen LogP contribution in [0.5, 0.6) is 5.75 Å². The Labute approximate surface area is 106 Å². The second kappa shape index (κ2) is 6.30. The minimum absolute atomic E-state index is 0.563. The van der Waals surface area contributed by atoms with Crippen LogP contribution >= 0.6 is 11.6 Å².